The average molecular weight is 423 g/mol. The first-order valence-corrected chi connectivity index (χ1v) is 11.2. The molecule has 0 radical (unpaired) electrons. The van der Waals surface area contributed by atoms with Gasteiger partial charge in [0, 0.05) is 30.7 Å². The summed E-state index contributed by atoms with van der Waals surface area (Å²) in [5.41, 5.74) is 0.584. The highest BCUT2D eigenvalue weighted by molar-refractivity contribution is 7.88. The van der Waals surface area contributed by atoms with Crippen molar-refractivity contribution in [2.75, 3.05) is 19.6 Å². The second-order valence-corrected chi connectivity index (χ2v) is 9.03. The Morgan fingerprint density at radius 2 is 1.96 bits per heavy atom. The van der Waals surface area contributed by atoms with E-state index in [1.807, 2.05) is 0 Å². The Hall–Kier alpha value is -2.09. The van der Waals surface area contributed by atoms with E-state index in [-0.39, 0.29) is 17.6 Å². The Balaban J connectivity index is 1.44. The minimum absolute atomic E-state index is 0.0610. The van der Waals surface area contributed by atoms with Gasteiger partial charge in [0.05, 0.1) is 12.0 Å². The van der Waals surface area contributed by atoms with Gasteiger partial charge in [-0.1, -0.05) is 29.8 Å². The number of nitrogens with zero attached hydrogens (tertiary/aromatic N) is 1. The Kier molecular flexibility index (Phi) is 6.93. The van der Waals surface area contributed by atoms with E-state index in [2.05, 4.69) is 4.72 Å². The fourth-order valence-electron chi connectivity index (χ4n) is 3.12. The van der Waals surface area contributed by atoms with Crippen LogP contribution < -0.4 is 4.72 Å². The molecule has 2 aromatic rings. The van der Waals surface area contributed by atoms with Crippen LogP contribution in [0.15, 0.2) is 53.2 Å². The third-order valence-corrected chi connectivity index (χ3v) is 6.42. The van der Waals surface area contributed by atoms with Crippen molar-refractivity contribution >= 4 is 33.6 Å². The van der Waals surface area contributed by atoms with Gasteiger partial charge in [0.1, 0.15) is 5.76 Å². The second kappa shape index (κ2) is 9.41. The van der Waals surface area contributed by atoms with E-state index in [0.29, 0.717) is 36.0 Å². The number of piperidine rings is 1. The van der Waals surface area contributed by atoms with Gasteiger partial charge < -0.3 is 9.32 Å². The minimum atomic E-state index is -3.46. The van der Waals surface area contributed by atoms with Crippen molar-refractivity contribution in [1.82, 2.24) is 9.62 Å². The zero-order valence-corrected chi connectivity index (χ0v) is 17.0. The van der Waals surface area contributed by atoms with E-state index in [9.17, 15) is 13.2 Å². The van der Waals surface area contributed by atoms with E-state index < -0.39 is 10.0 Å². The van der Waals surface area contributed by atoms with Crippen LogP contribution in [-0.2, 0) is 20.6 Å². The number of carbonyl (C=O) groups excluding carboxylic acids is 1. The highest BCUT2D eigenvalue weighted by Crippen LogP contribution is 2.19. The maximum Gasteiger partial charge on any atom is 0.246 e. The molecule has 1 amide bonds. The lowest BCUT2D eigenvalue weighted by Crippen LogP contribution is -2.41. The molecule has 1 aromatic carbocycles. The van der Waals surface area contributed by atoms with Crippen LogP contribution in [0.4, 0.5) is 0 Å². The number of hydrogen-bond acceptors (Lipinski definition) is 4. The van der Waals surface area contributed by atoms with E-state index >= 15 is 0 Å². The quantitative estimate of drug-likeness (QED) is 0.694. The molecule has 0 unspecified atom stereocenters. The number of furan rings is 1. The van der Waals surface area contributed by atoms with Crippen LogP contribution >= 0.6 is 11.6 Å². The lowest BCUT2D eigenvalue weighted by Gasteiger charge is -2.31. The van der Waals surface area contributed by atoms with Gasteiger partial charge >= 0.3 is 0 Å². The summed E-state index contributed by atoms with van der Waals surface area (Å²) < 4.78 is 32.5. The predicted molar refractivity (Wildman–Crippen MR) is 109 cm³/mol. The van der Waals surface area contributed by atoms with Gasteiger partial charge in [-0.15, -0.1) is 0 Å². The van der Waals surface area contributed by atoms with Gasteiger partial charge in [0.2, 0.25) is 15.9 Å². The minimum Gasteiger partial charge on any atom is -0.465 e. The van der Waals surface area contributed by atoms with E-state index in [1.54, 1.807) is 53.6 Å². The molecule has 1 aromatic heterocycles. The molecule has 1 N–H and O–H groups in total. The summed E-state index contributed by atoms with van der Waals surface area (Å²) in [6, 6.07) is 10.5. The summed E-state index contributed by atoms with van der Waals surface area (Å²) in [5, 5.41) is 0.447. The highest BCUT2D eigenvalue weighted by atomic mass is 35.5. The fourth-order valence-corrected chi connectivity index (χ4v) is 4.65. The number of nitrogens with one attached hydrogen (secondary N) is 1. The fraction of sp³-hybridized carbons (Fsp3) is 0.350. The van der Waals surface area contributed by atoms with Crippen molar-refractivity contribution in [3.05, 3.63) is 65.1 Å². The average Bonchev–Trinajstić information content (AvgIpc) is 3.20. The number of carbonyl (C=O) groups is 1. The molecule has 6 nitrogen and oxygen atoms in total. The van der Waals surface area contributed by atoms with Crippen molar-refractivity contribution in [2.24, 2.45) is 5.92 Å². The summed E-state index contributed by atoms with van der Waals surface area (Å²) >= 11 is 6.04. The molecule has 0 spiro atoms. The molecule has 1 saturated heterocycles. The van der Waals surface area contributed by atoms with Gasteiger partial charge in [0.15, 0.2) is 0 Å². The Labute approximate surface area is 170 Å². The molecule has 0 bridgehead atoms. The molecule has 1 aliphatic rings. The molecular formula is C20H23ClN2O4S. The van der Waals surface area contributed by atoms with E-state index in [0.717, 1.165) is 12.8 Å². The number of hydrogen-bond donors (Lipinski definition) is 1. The molecule has 28 heavy (non-hydrogen) atoms. The number of halogens is 1. The van der Waals surface area contributed by atoms with Crippen molar-refractivity contribution in [3.8, 4) is 0 Å². The van der Waals surface area contributed by atoms with Crippen molar-refractivity contribution < 1.29 is 17.6 Å². The predicted octanol–water partition coefficient (Wildman–Crippen LogP) is 3.30. The third kappa shape index (κ3) is 5.95. The van der Waals surface area contributed by atoms with Crippen molar-refractivity contribution in [1.29, 1.82) is 0 Å². The number of sulfonamides is 1. The van der Waals surface area contributed by atoms with Gasteiger partial charge in [-0.3, -0.25) is 4.79 Å². The van der Waals surface area contributed by atoms with Gasteiger partial charge in [-0.2, -0.15) is 0 Å². The third-order valence-electron chi connectivity index (χ3n) is 4.75. The number of benzene rings is 1. The maximum absolute atomic E-state index is 12.3. The van der Waals surface area contributed by atoms with Gasteiger partial charge in [-0.25, -0.2) is 13.1 Å². The smallest absolute Gasteiger partial charge is 0.246 e. The molecular weight excluding hydrogens is 400 g/mol. The van der Waals surface area contributed by atoms with Gasteiger partial charge in [-0.05, 0) is 48.6 Å². The van der Waals surface area contributed by atoms with Crippen LogP contribution in [0.2, 0.25) is 5.02 Å². The number of rotatable bonds is 7. The lowest BCUT2D eigenvalue weighted by molar-refractivity contribution is -0.127. The molecule has 1 aliphatic heterocycles. The molecule has 3 rings (SSSR count). The van der Waals surface area contributed by atoms with E-state index in [4.69, 9.17) is 16.0 Å². The normalized spacial score (nSPS) is 16.0. The number of likely N-dealkylation sites (tertiary alicyclic amines) is 1. The standard InChI is InChI=1S/C20H23ClN2O4S/c21-19-6-2-1-4-17(19)15-28(25,26)22-14-16-9-11-23(12-10-16)20(24)8-7-18-5-3-13-27-18/h1-8,13,16,22H,9-12,14-15H2/b8-7+. The summed E-state index contributed by atoms with van der Waals surface area (Å²) in [5.74, 6) is 0.645. The Morgan fingerprint density at radius 1 is 1.21 bits per heavy atom. The summed E-state index contributed by atoms with van der Waals surface area (Å²) in [6.07, 6.45) is 6.23. The first-order valence-electron chi connectivity index (χ1n) is 9.14. The van der Waals surface area contributed by atoms with Crippen LogP contribution in [0.5, 0.6) is 0 Å². The molecule has 2 heterocycles. The Bertz CT molecular complexity index is 917. The van der Waals surface area contributed by atoms with Crippen LogP contribution in [-0.4, -0.2) is 38.9 Å². The first kappa shape index (κ1) is 20.6. The Morgan fingerprint density at radius 3 is 2.64 bits per heavy atom. The molecule has 1 fully saturated rings. The summed E-state index contributed by atoms with van der Waals surface area (Å²) in [4.78, 5) is 14.0. The first-order chi connectivity index (χ1) is 13.4. The zero-order valence-electron chi connectivity index (χ0n) is 15.4. The molecule has 0 aliphatic carbocycles. The topological polar surface area (TPSA) is 79.6 Å². The largest absolute Gasteiger partial charge is 0.465 e. The molecule has 8 heteroatoms. The van der Waals surface area contributed by atoms with E-state index in [1.165, 1.54) is 6.08 Å². The number of amides is 1. The summed E-state index contributed by atoms with van der Waals surface area (Å²) in [6.45, 7) is 1.59. The van der Waals surface area contributed by atoms with Crippen LogP contribution in [0.1, 0.15) is 24.2 Å². The van der Waals surface area contributed by atoms with Crippen molar-refractivity contribution in [3.63, 3.8) is 0 Å². The molecule has 150 valence electrons. The van der Waals surface area contributed by atoms with Gasteiger partial charge in [0.25, 0.3) is 0 Å². The maximum atomic E-state index is 12.3. The van der Waals surface area contributed by atoms with Crippen LogP contribution in [0.3, 0.4) is 0 Å². The SMILES string of the molecule is O=C(/C=C/c1ccco1)N1CCC(CNS(=O)(=O)Cc2ccccc2Cl)CC1. The molecule has 0 saturated carbocycles. The lowest BCUT2D eigenvalue weighted by atomic mass is 9.97. The second-order valence-electron chi connectivity index (χ2n) is 6.82. The molecule has 0 atom stereocenters. The van der Waals surface area contributed by atoms with Crippen LogP contribution in [0.25, 0.3) is 6.08 Å². The van der Waals surface area contributed by atoms with Crippen molar-refractivity contribution in [2.45, 2.75) is 18.6 Å². The zero-order chi connectivity index (χ0) is 20.0. The van der Waals surface area contributed by atoms with Crippen LogP contribution in [0, 0.1) is 5.92 Å². The monoisotopic (exact) mass is 422 g/mol. The highest BCUT2D eigenvalue weighted by Gasteiger charge is 2.23. The summed E-state index contributed by atoms with van der Waals surface area (Å²) in [7, 11) is -3.46.